The number of rotatable bonds is 7. The summed E-state index contributed by atoms with van der Waals surface area (Å²) in [5.74, 6) is 0.917. The highest BCUT2D eigenvalue weighted by molar-refractivity contribution is 6.07. The van der Waals surface area contributed by atoms with Crippen LogP contribution in [0.25, 0.3) is 11.3 Å². The van der Waals surface area contributed by atoms with Crippen molar-refractivity contribution in [3.8, 4) is 17.0 Å². The van der Waals surface area contributed by atoms with Crippen molar-refractivity contribution in [3.05, 3.63) is 90.3 Å². The number of amides is 1. The zero-order valence-corrected chi connectivity index (χ0v) is 19.6. The SMILES string of the molecule is COc1cccc(-c2nn(Cc3ccccc3)cc2C(=O)Nc2ccc(N3CCOCC3)cn2)c1. The first-order chi connectivity index (χ1) is 17.2. The van der Waals surface area contributed by atoms with E-state index in [2.05, 4.69) is 15.2 Å². The van der Waals surface area contributed by atoms with E-state index in [9.17, 15) is 4.79 Å². The van der Waals surface area contributed by atoms with Crippen LogP contribution in [-0.2, 0) is 11.3 Å². The number of anilines is 2. The first-order valence-corrected chi connectivity index (χ1v) is 11.6. The number of nitrogens with zero attached hydrogens (tertiary/aromatic N) is 4. The lowest BCUT2D eigenvalue weighted by Gasteiger charge is -2.28. The Hall–Kier alpha value is -4.17. The van der Waals surface area contributed by atoms with E-state index >= 15 is 0 Å². The van der Waals surface area contributed by atoms with Crippen molar-refractivity contribution in [2.24, 2.45) is 0 Å². The monoisotopic (exact) mass is 469 g/mol. The van der Waals surface area contributed by atoms with Gasteiger partial charge in [-0.15, -0.1) is 0 Å². The molecule has 1 amide bonds. The molecule has 1 N–H and O–H groups in total. The maximum Gasteiger partial charge on any atom is 0.260 e. The maximum absolute atomic E-state index is 13.4. The average molecular weight is 470 g/mol. The Labute approximate surface area is 204 Å². The second-order valence-corrected chi connectivity index (χ2v) is 8.26. The number of nitrogens with one attached hydrogen (secondary N) is 1. The topological polar surface area (TPSA) is 81.5 Å². The third-order valence-electron chi connectivity index (χ3n) is 5.90. The summed E-state index contributed by atoms with van der Waals surface area (Å²) < 4.78 is 12.6. The average Bonchev–Trinajstić information content (AvgIpc) is 3.34. The van der Waals surface area contributed by atoms with Gasteiger partial charge in [-0.25, -0.2) is 4.98 Å². The van der Waals surface area contributed by atoms with Gasteiger partial charge in [-0.1, -0.05) is 42.5 Å². The van der Waals surface area contributed by atoms with Crippen molar-refractivity contribution in [1.82, 2.24) is 14.8 Å². The molecule has 0 atom stereocenters. The van der Waals surface area contributed by atoms with Gasteiger partial charge in [-0.3, -0.25) is 9.48 Å². The first kappa shape index (κ1) is 22.6. The Bertz CT molecular complexity index is 1280. The minimum Gasteiger partial charge on any atom is -0.497 e. The third kappa shape index (κ3) is 5.33. The predicted octanol–water partition coefficient (Wildman–Crippen LogP) is 4.09. The van der Waals surface area contributed by atoms with Crippen LogP contribution in [0.2, 0.25) is 0 Å². The summed E-state index contributed by atoms with van der Waals surface area (Å²) >= 11 is 0. The van der Waals surface area contributed by atoms with Crippen molar-refractivity contribution in [2.45, 2.75) is 6.54 Å². The van der Waals surface area contributed by atoms with E-state index in [4.69, 9.17) is 14.6 Å². The van der Waals surface area contributed by atoms with Gasteiger partial charge in [0.2, 0.25) is 0 Å². The number of aromatic nitrogens is 3. The molecule has 0 aliphatic carbocycles. The summed E-state index contributed by atoms with van der Waals surface area (Å²) in [6.07, 6.45) is 3.56. The van der Waals surface area contributed by atoms with Gasteiger partial charge in [-0.2, -0.15) is 5.10 Å². The molecule has 2 aromatic heterocycles. The molecule has 8 nitrogen and oxygen atoms in total. The van der Waals surface area contributed by atoms with Crippen molar-refractivity contribution in [3.63, 3.8) is 0 Å². The molecule has 0 radical (unpaired) electrons. The fourth-order valence-corrected chi connectivity index (χ4v) is 4.07. The molecule has 0 spiro atoms. The molecular weight excluding hydrogens is 442 g/mol. The molecule has 0 unspecified atom stereocenters. The highest BCUT2D eigenvalue weighted by atomic mass is 16.5. The van der Waals surface area contributed by atoms with E-state index in [1.165, 1.54) is 0 Å². The highest BCUT2D eigenvalue weighted by Crippen LogP contribution is 2.27. The Morgan fingerprint density at radius 1 is 1.06 bits per heavy atom. The number of carbonyl (C=O) groups is 1. The Morgan fingerprint density at radius 2 is 1.89 bits per heavy atom. The Morgan fingerprint density at radius 3 is 2.63 bits per heavy atom. The molecule has 1 aliphatic rings. The number of morpholine rings is 1. The van der Waals surface area contributed by atoms with Crippen LogP contribution >= 0.6 is 0 Å². The lowest BCUT2D eigenvalue weighted by Crippen LogP contribution is -2.36. The fourth-order valence-electron chi connectivity index (χ4n) is 4.07. The number of hydrogen-bond donors (Lipinski definition) is 1. The van der Waals surface area contributed by atoms with Gasteiger partial charge in [0, 0.05) is 24.8 Å². The normalized spacial score (nSPS) is 13.5. The van der Waals surface area contributed by atoms with Crippen LogP contribution in [0.1, 0.15) is 15.9 Å². The second-order valence-electron chi connectivity index (χ2n) is 8.26. The van der Waals surface area contributed by atoms with Crippen LogP contribution in [0, 0.1) is 0 Å². The van der Waals surface area contributed by atoms with Crippen molar-refractivity contribution >= 4 is 17.4 Å². The van der Waals surface area contributed by atoms with E-state index in [-0.39, 0.29) is 5.91 Å². The number of carbonyl (C=O) groups excluding carboxylic acids is 1. The van der Waals surface area contributed by atoms with Gasteiger partial charge in [0.1, 0.15) is 17.3 Å². The summed E-state index contributed by atoms with van der Waals surface area (Å²) in [7, 11) is 1.62. The number of pyridine rings is 1. The molecule has 4 aromatic rings. The standard InChI is InChI=1S/C27H27N5O3/c1-34-23-9-5-8-21(16-23)26-24(19-32(30-26)18-20-6-3-2-4-7-20)27(33)29-25-11-10-22(17-28-25)31-12-14-35-15-13-31/h2-11,16-17,19H,12-15,18H2,1H3,(H,28,29,33). The lowest BCUT2D eigenvalue weighted by atomic mass is 10.1. The van der Waals surface area contributed by atoms with Crippen molar-refractivity contribution in [2.75, 3.05) is 43.6 Å². The summed E-state index contributed by atoms with van der Waals surface area (Å²) in [5.41, 5.74) is 3.96. The minimum absolute atomic E-state index is 0.270. The van der Waals surface area contributed by atoms with E-state index in [1.54, 1.807) is 24.2 Å². The van der Waals surface area contributed by atoms with E-state index in [0.29, 0.717) is 42.6 Å². The van der Waals surface area contributed by atoms with Crippen LogP contribution in [0.4, 0.5) is 11.5 Å². The predicted molar refractivity (Wildman–Crippen MR) is 135 cm³/mol. The molecule has 2 aromatic carbocycles. The van der Waals surface area contributed by atoms with E-state index in [1.807, 2.05) is 66.7 Å². The van der Waals surface area contributed by atoms with Crippen molar-refractivity contribution < 1.29 is 14.3 Å². The van der Waals surface area contributed by atoms with Crippen LogP contribution in [0.5, 0.6) is 5.75 Å². The zero-order chi connectivity index (χ0) is 24.0. The molecule has 5 rings (SSSR count). The minimum atomic E-state index is -0.270. The number of benzene rings is 2. The van der Waals surface area contributed by atoms with Gasteiger partial charge in [0.15, 0.2) is 0 Å². The molecule has 8 heteroatoms. The number of methoxy groups -OCH3 is 1. The van der Waals surface area contributed by atoms with Gasteiger partial charge in [0.05, 0.1) is 44.3 Å². The fraction of sp³-hybridized carbons (Fsp3) is 0.222. The molecule has 0 saturated carbocycles. The van der Waals surface area contributed by atoms with Crippen LogP contribution in [0.15, 0.2) is 79.1 Å². The summed E-state index contributed by atoms with van der Waals surface area (Å²) in [6.45, 7) is 3.63. The van der Waals surface area contributed by atoms with Gasteiger partial charge in [-0.05, 0) is 29.8 Å². The van der Waals surface area contributed by atoms with Gasteiger partial charge >= 0.3 is 0 Å². The molecule has 35 heavy (non-hydrogen) atoms. The number of hydrogen-bond acceptors (Lipinski definition) is 6. The highest BCUT2D eigenvalue weighted by Gasteiger charge is 2.20. The second kappa shape index (κ2) is 10.4. The summed E-state index contributed by atoms with van der Waals surface area (Å²) in [6, 6.07) is 21.4. The van der Waals surface area contributed by atoms with E-state index < -0.39 is 0 Å². The molecule has 1 saturated heterocycles. The smallest absolute Gasteiger partial charge is 0.260 e. The van der Waals surface area contributed by atoms with Crippen LogP contribution < -0.4 is 15.0 Å². The van der Waals surface area contributed by atoms with Gasteiger partial charge < -0.3 is 19.7 Å². The summed E-state index contributed by atoms with van der Waals surface area (Å²) in [4.78, 5) is 20.0. The summed E-state index contributed by atoms with van der Waals surface area (Å²) in [5, 5.41) is 7.68. The quantitative estimate of drug-likeness (QED) is 0.439. The molecule has 0 bridgehead atoms. The molecule has 1 fully saturated rings. The number of ether oxygens (including phenoxy) is 2. The molecule has 3 heterocycles. The van der Waals surface area contributed by atoms with Crippen LogP contribution in [0.3, 0.4) is 0 Å². The molecular formula is C27H27N5O3. The largest absolute Gasteiger partial charge is 0.497 e. The van der Waals surface area contributed by atoms with Gasteiger partial charge in [0.25, 0.3) is 5.91 Å². The molecule has 178 valence electrons. The third-order valence-corrected chi connectivity index (χ3v) is 5.90. The maximum atomic E-state index is 13.4. The van der Waals surface area contributed by atoms with Crippen molar-refractivity contribution in [1.29, 1.82) is 0 Å². The Kier molecular flexibility index (Phi) is 6.72. The van der Waals surface area contributed by atoms with E-state index in [0.717, 1.165) is 29.9 Å². The lowest BCUT2D eigenvalue weighted by molar-refractivity contribution is 0.102. The first-order valence-electron chi connectivity index (χ1n) is 11.6. The zero-order valence-electron chi connectivity index (χ0n) is 19.6. The van der Waals surface area contributed by atoms with Crippen LogP contribution in [-0.4, -0.2) is 54.1 Å². The Balaban J connectivity index is 1.41. The molecule has 1 aliphatic heterocycles.